The molecule has 0 saturated heterocycles. The zero-order valence-electron chi connectivity index (χ0n) is 15.3. The molecule has 6 heteroatoms. The predicted molar refractivity (Wildman–Crippen MR) is 106 cm³/mol. The van der Waals surface area contributed by atoms with Crippen molar-refractivity contribution in [3.05, 3.63) is 64.7 Å². The van der Waals surface area contributed by atoms with Crippen LogP contribution < -0.4 is 9.47 Å². The molecule has 0 unspecified atom stereocenters. The fourth-order valence-electron chi connectivity index (χ4n) is 2.66. The van der Waals surface area contributed by atoms with Crippen molar-refractivity contribution in [3.63, 3.8) is 0 Å². The van der Waals surface area contributed by atoms with Crippen LogP contribution in [-0.2, 0) is 6.42 Å². The van der Waals surface area contributed by atoms with Crippen LogP contribution in [0.3, 0.4) is 0 Å². The summed E-state index contributed by atoms with van der Waals surface area (Å²) in [5.74, 6) is 0.532. The predicted octanol–water partition coefficient (Wildman–Crippen LogP) is 4.84. The zero-order valence-corrected chi connectivity index (χ0v) is 16.1. The van der Waals surface area contributed by atoms with Gasteiger partial charge in [0.15, 0.2) is 0 Å². The Hall–Kier alpha value is -2.86. The standard InChI is InChI=1S/C21H21NO4S/c1-3-17-19(21(23)24)27-20(22-17)16-9-4-5-10-18(16)26-12-11-25-15-8-6-7-14(2)13-15/h4-10,13H,3,11-12H2,1-2H3,(H,23,24). The van der Waals surface area contributed by atoms with E-state index >= 15 is 0 Å². The molecular weight excluding hydrogens is 362 g/mol. The van der Waals surface area contributed by atoms with E-state index < -0.39 is 5.97 Å². The first kappa shape index (κ1) is 18.9. The van der Waals surface area contributed by atoms with Crippen LogP contribution in [0.4, 0.5) is 0 Å². The Morgan fingerprint density at radius 3 is 2.59 bits per heavy atom. The number of hydrogen-bond acceptors (Lipinski definition) is 5. The van der Waals surface area contributed by atoms with E-state index in [4.69, 9.17) is 9.47 Å². The highest BCUT2D eigenvalue weighted by Crippen LogP contribution is 2.34. The number of benzene rings is 2. The number of nitrogens with zero attached hydrogens (tertiary/aromatic N) is 1. The minimum atomic E-state index is -0.944. The number of aromatic carboxylic acids is 1. The number of para-hydroxylation sites is 1. The number of ether oxygens (including phenoxy) is 2. The molecule has 27 heavy (non-hydrogen) atoms. The number of hydrogen-bond donors (Lipinski definition) is 1. The molecule has 0 aliphatic heterocycles. The van der Waals surface area contributed by atoms with E-state index in [1.54, 1.807) is 0 Å². The summed E-state index contributed by atoms with van der Waals surface area (Å²) in [6, 6.07) is 15.4. The molecule has 0 radical (unpaired) electrons. The normalized spacial score (nSPS) is 10.6. The van der Waals surface area contributed by atoms with Crippen LogP contribution >= 0.6 is 11.3 Å². The number of carboxylic acid groups (broad SMARTS) is 1. The fourth-order valence-corrected chi connectivity index (χ4v) is 3.68. The summed E-state index contributed by atoms with van der Waals surface area (Å²) in [6.07, 6.45) is 0.575. The van der Waals surface area contributed by atoms with Gasteiger partial charge in [-0.15, -0.1) is 11.3 Å². The lowest BCUT2D eigenvalue weighted by molar-refractivity contribution is 0.0701. The Balaban J connectivity index is 1.70. The summed E-state index contributed by atoms with van der Waals surface area (Å²) in [4.78, 5) is 16.2. The largest absolute Gasteiger partial charge is 0.490 e. The van der Waals surface area contributed by atoms with Gasteiger partial charge in [0, 0.05) is 0 Å². The molecule has 1 N–H and O–H groups in total. The van der Waals surface area contributed by atoms with Crippen molar-refractivity contribution in [1.29, 1.82) is 0 Å². The summed E-state index contributed by atoms with van der Waals surface area (Å²) >= 11 is 1.18. The molecule has 1 heterocycles. The average molecular weight is 383 g/mol. The Morgan fingerprint density at radius 1 is 1.11 bits per heavy atom. The van der Waals surface area contributed by atoms with Crippen LogP contribution in [0.5, 0.6) is 11.5 Å². The number of carboxylic acids is 1. The van der Waals surface area contributed by atoms with Gasteiger partial charge in [0.25, 0.3) is 0 Å². The first-order chi connectivity index (χ1) is 13.1. The smallest absolute Gasteiger partial charge is 0.347 e. The van der Waals surface area contributed by atoms with Crippen molar-refractivity contribution in [2.24, 2.45) is 0 Å². The first-order valence-electron chi connectivity index (χ1n) is 8.73. The second-order valence-corrected chi connectivity index (χ2v) is 6.96. The van der Waals surface area contributed by atoms with Crippen molar-refractivity contribution in [2.75, 3.05) is 13.2 Å². The molecule has 0 bridgehead atoms. The molecule has 0 spiro atoms. The molecule has 140 valence electrons. The Kier molecular flexibility index (Phi) is 6.08. The number of thiazole rings is 1. The Morgan fingerprint density at radius 2 is 1.89 bits per heavy atom. The van der Waals surface area contributed by atoms with Gasteiger partial charge in [-0.25, -0.2) is 9.78 Å². The molecule has 2 aromatic carbocycles. The summed E-state index contributed by atoms with van der Waals surface area (Å²) in [5.41, 5.74) is 2.53. The van der Waals surface area contributed by atoms with Gasteiger partial charge >= 0.3 is 5.97 Å². The third-order valence-corrected chi connectivity index (χ3v) is 5.06. The topological polar surface area (TPSA) is 68.7 Å². The van der Waals surface area contributed by atoms with Gasteiger partial charge in [0.05, 0.1) is 11.3 Å². The van der Waals surface area contributed by atoms with Gasteiger partial charge in [-0.1, -0.05) is 31.2 Å². The highest BCUT2D eigenvalue weighted by Gasteiger charge is 2.18. The Bertz CT molecular complexity index is 935. The molecule has 0 aliphatic rings. The van der Waals surface area contributed by atoms with E-state index in [1.165, 1.54) is 11.3 Å². The van der Waals surface area contributed by atoms with E-state index in [0.29, 0.717) is 36.1 Å². The van der Waals surface area contributed by atoms with Crippen LogP contribution in [0.2, 0.25) is 0 Å². The summed E-state index contributed by atoms with van der Waals surface area (Å²) in [5, 5.41) is 10.0. The van der Waals surface area contributed by atoms with Crippen LogP contribution in [-0.4, -0.2) is 29.3 Å². The number of aromatic nitrogens is 1. The minimum Gasteiger partial charge on any atom is -0.490 e. The maximum absolute atomic E-state index is 11.4. The van der Waals surface area contributed by atoms with Gasteiger partial charge in [0.1, 0.15) is 34.6 Å². The number of aryl methyl sites for hydroxylation is 2. The molecular formula is C21H21NO4S. The van der Waals surface area contributed by atoms with E-state index in [2.05, 4.69) is 4.98 Å². The molecule has 0 saturated carbocycles. The van der Waals surface area contributed by atoms with Crippen molar-refractivity contribution >= 4 is 17.3 Å². The highest BCUT2D eigenvalue weighted by atomic mass is 32.1. The third-order valence-electron chi connectivity index (χ3n) is 3.94. The van der Waals surface area contributed by atoms with Crippen LogP contribution in [0, 0.1) is 6.92 Å². The van der Waals surface area contributed by atoms with Gasteiger partial charge in [0.2, 0.25) is 0 Å². The first-order valence-corrected chi connectivity index (χ1v) is 9.54. The van der Waals surface area contributed by atoms with Crippen LogP contribution in [0.15, 0.2) is 48.5 Å². The molecule has 5 nitrogen and oxygen atoms in total. The van der Waals surface area contributed by atoms with Crippen molar-refractivity contribution in [1.82, 2.24) is 4.98 Å². The van der Waals surface area contributed by atoms with Crippen LogP contribution in [0.1, 0.15) is 27.9 Å². The molecule has 3 aromatic rings. The molecule has 1 aromatic heterocycles. The third kappa shape index (κ3) is 4.65. The van der Waals surface area contributed by atoms with Crippen molar-refractivity contribution in [3.8, 4) is 22.1 Å². The lowest BCUT2D eigenvalue weighted by atomic mass is 10.2. The van der Waals surface area contributed by atoms with Crippen LogP contribution in [0.25, 0.3) is 10.6 Å². The second kappa shape index (κ2) is 8.68. The maximum atomic E-state index is 11.4. The molecule has 0 fully saturated rings. The molecule has 3 rings (SSSR count). The van der Waals surface area contributed by atoms with E-state index in [0.717, 1.165) is 16.9 Å². The summed E-state index contributed by atoms with van der Waals surface area (Å²) < 4.78 is 11.6. The summed E-state index contributed by atoms with van der Waals surface area (Å²) in [6.45, 7) is 4.71. The quantitative estimate of drug-likeness (QED) is 0.564. The summed E-state index contributed by atoms with van der Waals surface area (Å²) in [7, 11) is 0. The van der Waals surface area contributed by atoms with Gasteiger partial charge < -0.3 is 14.6 Å². The van der Waals surface area contributed by atoms with Crippen molar-refractivity contribution in [2.45, 2.75) is 20.3 Å². The average Bonchev–Trinajstić information content (AvgIpc) is 3.10. The lowest BCUT2D eigenvalue weighted by Crippen LogP contribution is -2.09. The molecule has 0 amide bonds. The molecule has 0 atom stereocenters. The maximum Gasteiger partial charge on any atom is 0.347 e. The van der Waals surface area contributed by atoms with E-state index in [1.807, 2.05) is 62.4 Å². The lowest BCUT2D eigenvalue weighted by Gasteiger charge is -2.11. The second-order valence-electron chi connectivity index (χ2n) is 5.96. The fraction of sp³-hybridized carbons (Fsp3) is 0.238. The SMILES string of the molecule is CCc1nc(-c2ccccc2OCCOc2cccc(C)c2)sc1C(=O)O. The Labute approximate surface area is 162 Å². The van der Waals surface area contributed by atoms with E-state index in [9.17, 15) is 9.90 Å². The monoisotopic (exact) mass is 383 g/mol. The van der Waals surface area contributed by atoms with E-state index in [-0.39, 0.29) is 4.88 Å². The molecule has 0 aliphatic carbocycles. The minimum absolute atomic E-state index is 0.282. The zero-order chi connectivity index (χ0) is 19.2. The van der Waals surface area contributed by atoms with Crippen molar-refractivity contribution < 1.29 is 19.4 Å². The highest BCUT2D eigenvalue weighted by molar-refractivity contribution is 7.17. The van der Waals surface area contributed by atoms with Gasteiger partial charge in [-0.3, -0.25) is 0 Å². The number of rotatable bonds is 8. The van der Waals surface area contributed by atoms with Gasteiger partial charge in [-0.05, 0) is 43.2 Å². The number of carbonyl (C=O) groups is 1. The van der Waals surface area contributed by atoms with Gasteiger partial charge in [-0.2, -0.15) is 0 Å².